The molecule has 106 valence electrons. The zero-order valence-electron chi connectivity index (χ0n) is 11.1. The molecule has 2 aromatic carbocycles. The standard InChI is InChI=1S/C15H11ClN2O3/c1-20-14(19)10-4-2-3-5-11(10)17-15-18-12-8-9(16)6-7-13(12)21-15/h2-8H,1H3,(H,17,18). The van der Waals surface area contributed by atoms with Gasteiger partial charge in [0, 0.05) is 5.02 Å². The maximum absolute atomic E-state index is 11.7. The lowest BCUT2D eigenvalue weighted by Gasteiger charge is -2.07. The number of methoxy groups -OCH3 is 1. The van der Waals surface area contributed by atoms with Crippen LogP contribution >= 0.6 is 11.6 Å². The Morgan fingerprint density at radius 1 is 1.29 bits per heavy atom. The summed E-state index contributed by atoms with van der Waals surface area (Å²) in [5.41, 5.74) is 2.21. The summed E-state index contributed by atoms with van der Waals surface area (Å²) < 4.78 is 10.3. The quantitative estimate of drug-likeness (QED) is 0.740. The van der Waals surface area contributed by atoms with E-state index in [0.717, 1.165) is 0 Å². The van der Waals surface area contributed by atoms with Crippen LogP contribution in [0.3, 0.4) is 0 Å². The summed E-state index contributed by atoms with van der Waals surface area (Å²) in [4.78, 5) is 16.0. The Bertz CT molecular complexity index is 814. The van der Waals surface area contributed by atoms with Crippen molar-refractivity contribution in [3.63, 3.8) is 0 Å². The van der Waals surface area contributed by atoms with Crippen molar-refractivity contribution in [1.82, 2.24) is 4.98 Å². The number of rotatable bonds is 3. The fourth-order valence-corrected chi connectivity index (χ4v) is 2.12. The van der Waals surface area contributed by atoms with Crippen LogP contribution in [0.1, 0.15) is 10.4 Å². The van der Waals surface area contributed by atoms with Crippen molar-refractivity contribution in [3.8, 4) is 0 Å². The molecule has 0 radical (unpaired) electrons. The summed E-state index contributed by atoms with van der Waals surface area (Å²) in [5.74, 6) is -0.433. The number of aromatic nitrogens is 1. The number of oxazole rings is 1. The summed E-state index contributed by atoms with van der Waals surface area (Å²) in [6.07, 6.45) is 0. The number of hydrogen-bond donors (Lipinski definition) is 1. The highest BCUT2D eigenvalue weighted by atomic mass is 35.5. The summed E-state index contributed by atoms with van der Waals surface area (Å²) in [7, 11) is 1.33. The van der Waals surface area contributed by atoms with E-state index < -0.39 is 5.97 Å². The highest BCUT2D eigenvalue weighted by molar-refractivity contribution is 6.31. The number of para-hydroxylation sites is 1. The Labute approximate surface area is 125 Å². The number of fused-ring (bicyclic) bond motifs is 1. The lowest BCUT2D eigenvalue weighted by molar-refractivity contribution is 0.0602. The van der Waals surface area contributed by atoms with E-state index in [2.05, 4.69) is 10.3 Å². The summed E-state index contributed by atoms with van der Waals surface area (Å²) in [6, 6.07) is 12.4. The second-order valence-corrected chi connectivity index (χ2v) is 4.73. The second-order valence-electron chi connectivity index (χ2n) is 4.29. The first-order valence-corrected chi connectivity index (χ1v) is 6.55. The molecule has 0 aliphatic carbocycles. The van der Waals surface area contributed by atoms with Crippen molar-refractivity contribution in [2.45, 2.75) is 0 Å². The van der Waals surface area contributed by atoms with Gasteiger partial charge in [-0.15, -0.1) is 0 Å². The van der Waals surface area contributed by atoms with Crippen LogP contribution in [0.2, 0.25) is 5.02 Å². The molecule has 0 aliphatic rings. The summed E-state index contributed by atoms with van der Waals surface area (Å²) >= 11 is 5.91. The number of benzene rings is 2. The van der Waals surface area contributed by atoms with Crippen LogP contribution in [0.25, 0.3) is 11.1 Å². The fraction of sp³-hybridized carbons (Fsp3) is 0.0667. The van der Waals surface area contributed by atoms with E-state index in [1.165, 1.54) is 7.11 Å². The molecule has 0 unspecified atom stereocenters. The van der Waals surface area contributed by atoms with E-state index in [0.29, 0.717) is 27.4 Å². The van der Waals surface area contributed by atoms with Gasteiger partial charge in [-0.1, -0.05) is 23.7 Å². The number of ether oxygens (including phenoxy) is 1. The van der Waals surface area contributed by atoms with E-state index >= 15 is 0 Å². The molecule has 0 spiro atoms. The molecule has 6 heteroatoms. The van der Waals surface area contributed by atoms with Crippen LogP contribution in [0.15, 0.2) is 46.9 Å². The molecule has 0 atom stereocenters. The van der Waals surface area contributed by atoms with Crippen molar-refractivity contribution in [3.05, 3.63) is 53.1 Å². The lowest BCUT2D eigenvalue weighted by atomic mass is 10.2. The molecule has 21 heavy (non-hydrogen) atoms. The maximum atomic E-state index is 11.7. The van der Waals surface area contributed by atoms with E-state index in [1.807, 2.05) is 0 Å². The Kier molecular flexibility index (Phi) is 3.50. The minimum absolute atomic E-state index is 0.281. The number of anilines is 2. The Morgan fingerprint density at radius 3 is 2.90 bits per heavy atom. The third-order valence-corrected chi connectivity index (χ3v) is 3.16. The first-order chi connectivity index (χ1) is 10.2. The summed E-state index contributed by atoms with van der Waals surface area (Å²) in [6.45, 7) is 0. The fourth-order valence-electron chi connectivity index (χ4n) is 1.95. The molecule has 3 rings (SSSR count). The molecule has 5 nitrogen and oxygen atoms in total. The predicted molar refractivity (Wildman–Crippen MR) is 80.1 cm³/mol. The third kappa shape index (κ3) is 2.68. The van der Waals surface area contributed by atoms with Gasteiger partial charge in [0.25, 0.3) is 6.01 Å². The topological polar surface area (TPSA) is 64.4 Å². The zero-order valence-corrected chi connectivity index (χ0v) is 11.8. The zero-order chi connectivity index (χ0) is 14.8. The SMILES string of the molecule is COC(=O)c1ccccc1Nc1nc2cc(Cl)ccc2o1. The van der Waals surface area contributed by atoms with Crippen LogP contribution in [0.5, 0.6) is 0 Å². The van der Waals surface area contributed by atoms with Crippen LogP contribution in [-0.2, 0) is 4.74 Å². The van der Waals surface area contributed by atoms with Gasteiger partial charge in [0.05, 0.1) is 18.4 Å². The molecule has 1 heterocycles. The van der Waals surface area contributed by atoms with Crippen molar-refractivity contribution in [1.29, 1.82) is 0 Å². The molecule has 1 aromatic heterocycles. The number of hydrogen-bond acceptors (Lipinski definition) is 5. The maximum Gasteiger partial charge on any atom is 0.339 e. The van der Waals surface area contributed by atoms with E-state index in [9.17, 15) is 4.79 Å². The molecular formula is C15H11ClN2O3. The average molecular weight is 303 g/mol. The Morgan fingerprint density at radius 2 is 2.10 bits per heavy atom. The van der Waals surface area contributed by atoms with Gasteiger partial charge in [-0.3, -0.25) is 0 Å². The van der Waals surface area contributed by atoms with E-state index in [4.69, 9.17) is 20.8 Å². The number of nitrogens with one attached hydrogen (secondary N) is 1. The molecule has 0 fully saturated rings. The molecule has 0 aliphatic heterocycles. The van der Waals surface area contributed by atoms with Gasteiger partial charge < -0.3 is 14.5 Å². The smallest absolute Gasteiger partial charge is 0.339 e. The van der Waals surface area contributed by atoms with Gasteiger partial charge in [0.1, 0.15) is 5.52 Å². The van der Waals surface area contributed by atoms with E-state index in [1.54, 1.807) is 42.5 Å². The van der Waals surface area contributed by atoms with Crippen LogP contribution in [0, 0.1) is 0 Å². The van der Waals surface area contributed by atoms with Crippen molar-refractivity contribution >= 4 is 40.4 Å². The molecule has 3 aromatic rings. The molecule has 0 saturated heterocycles. The van der Waals surface area contributed by atoms with Gasteiger partial charge in [-0.05, 0) is 30.3 Å². The first kappa shape index (κ1) is 13.5. The van der Waals surface area contributed by atoms with Crippen LogP contribution < -0.4 is 5.32 Å². The van der Waals surface area contributed by atoms with Gasteiger partial charge >= 0.3 is 5.97 Å². The molecular weight excluding hydrogens is 292 g/mol. The molecule has 0 bridgehead atoms. The molecule has 0 saturated carbocycles. The predicted octanol–water partition coefficient (Wildman–Crippen LogP) is 4.01. The van der Waals surface area contributed by atoms with Crippen molar-refractivity contribution in [2.75, 3.05) is 12.4 Å². The largest absolute Gasteiger partial charge is 0.465 e. The number of halogens is 1. The first-order valence-electron chi connectivity index (χ1n) is 6.18. The van der Waals surface area contributed by atoms with Crippen molar-refractivity contribution < 1.29 is 13.9 Å². The Balaban J connectivity index is 1.97. The Hall–Kier alpha value is -2.53. The highest BCUT2D eigenvalue weighted by Gasteiger charge is 2.13. The number of nitrogens with zero attached hydrogens (tertiary/aromatic N) is 1. The minimum atomic E-state index is -0.433. The van der Waals surface area contributed by atoms with E-state index in [-0.39, 0.29) is 6.01 Å². The summed E-state index contributed by atoms with van der Waals surface area (Å²) in [5, 5.41) is 3.56. The second kappa shape index (κ2) is 5.46. The molecule has 0 amide bonds. The van der Waals surface area contributed by atoms with Gasteiger partial charge in [0.15, 0.2) is 5.58 Å². The minimum Gasteiger partial charge on any atom is -0.465 e. The third-order valence-electron chi connectivity index (χ3n) is 2.92. The monoisotopic (exact) mass is 302 g/mol. The van der Waals surface area contributed by atoms with Crippen LogP contribution in [0.4, 0.5) is 11.7 Å². The highest BCUT2D eigenvalue weighted by Crippen LogP contribution is 2.26. The van der Waals surface area contributed by atoms with Gasteiger partial charge in [-0.25, -0.2) is 4.79 Å². The normalized spacial score (nSPS) is 10.6. The number of esters is 1. The molecule has 1 N–H and O–H groups in total. The number of carbonyl (C=O) groups excluding carboxylic acids is 1. The lowest BCUT2D eigenvalue weighted by Crippen LogP contribution is -2.05. The van der Waals surface area contributed by atoms with Gasteiger partial charge in [-0.2, -0.15) is 4.98 Å². The van der Waals surface area contributed by atoms with Crippen molar-refractivity contribution in [2.24, 2.45) is 0 Å². The van der Waals surface area contributed by atoms with Crippen LogP contribution in [-0.4, -0.2) is 18.1 Å². The van der Waals surface area contributed by atoms with Gasteiger partial charge in [0.2, 0.25) is 0 Å². The number of carbonyl (C=O) groups is 1. The average Bonchev–Trinajstić information content (AvgIpc) is 2.88.